The number of nitrogens with one attached hydrogen (secondary N) is 2. The Hall–Kier alpha value is -2.42. The summed E-state index contributed by atoms with van der Waals surface area (Å²) in [4.78, 5) is 47.2. The van der Waals surface area contributed by atoms with Gasteiger partial charge >= 0.3 is 5.97 Å². The minimum atomic E-state index is -1.19. The lowest BCUT2D eigenvalue weighted by atomic mass is 10.0. The van der Waals surface area contributed by atoms with E-state index in [0.29, 0.717) is 0 Å². The Bertz CT molecular complexity index is 531. The van der Waals surface area contributed by atoms with Gasteiger partial charge in [-0.15, -0.1) is 0 Å². The zero-order valence-electron chi connectivity index (χ0n) is 13.1. The number of nitrogens with zero attached hydrogens (tertiary/aromatic N) is 1. The first-order chi connectivity index (χ1) is 10.6. The first-order valence-corrected chi connectivity index (χ1v) is 7.13. The second-order valence-electron chi connectivity index (χ2n) is 5.60. The van der Waals surface area contributed by atoms with Crippen LogP contribution in [0, 0.1) is 5.92 Å². The molecule has 0 fully saturated rings. The van der Waals surface area contributed by atoms with Gasteiger partial charge in [0.15, 0.2) is 0 Å². The van der Waals surface area contributed by atoms with Crippen LogP contribution in [0.4, 0.5) is 0 Å². The van der Waals surface area contributed by atoms with Gasteiger partial charge in [-0.05, 0) is 18.9 Å². The third kappa shape index (κ3) is 5.06. The molecule has 1 aliphatic rings. The number of aliphatic carboxylic acids is 1. The van der Waals surface area contributed by atoms with Crippen molar-refractivity contribution in [3.63, 3.8) is 0 Å². The van der Waals surface area contributed by atoms with Crippen LogP contribution in [-0.4, -0.2) is 63.7 Å². The van der Waals surface area contributed by atoms with Crippen LogP contribution >= 0.6 is 0 Å². The highest BCUT2D eigenvalue weighted by molar-refractivity contribution is 5.95. The lowest BCUT2D eigenvalue weighted by Gasteiger charge is -2.25. The maximum atomic E-state index is 12.1. The quantitative estimate of drug-likeness (QED) is 0.446. The minimum absolute atomic E-state index is 0.294. The van der Waals surface area contributed by atoms with E-state index in [2.05, 4.69) is 10.6 Å². The van der Waals surface area contributed by atoms with Gasteiger partial charge in [0.1, 0.15) is 24.9 Å². The van der Waals surface area contributed by atoms with Crippen molar-refractivity contribution in [2.75, 3.05) is 6.54 Å². The molecule has 0 aromatic carbocycles. The van der Waals surface area contributed by atoms with E-state index in [1.165, 1.54) is 13.0 Å². The predicted octanol–water partition coefficient (Wildman–Crippen LogP) is -1.57. The van der Waals surface area contributed by atoms with Gasteiger partial charge in [0, 0.05) is 6.08 Å². The third-order valence-electron chi connectivity index (χ3n) is 3.32. The van der Waals surface area contributed by atoms with E-state index in [4.69, 9.17) is 5.11 Å². The van der Waals surface area contributed by atoms with Crippen LogP contribution < -0.4 is 10.6 Å². The van der Waals surface area contributed by atoms with E-state index < -0.39 is 48.5 Å². The first-order valence-electron chi connectivity index (χ1n) is 7.13. The number of carbonyl (C=O) groups is 4. The number of aliphatic hydroxyl groups excluding tert-OH is 1. The molecule has 23 heavy (non-hydrogen) atoms. The Labute approximate surface area is 133 Å². The molecule has 1 aliphatic heterocycles. The fourth-order valence-electron chi connectivity index (χ4n) is 1.94. The number of carboxylic acid groups (broad SMARTS) is 1. The summed E-state index contributed by atoms with van der Waals surface area (Å²) in [5.41, 5.74) is 0. The van der Waals surface area contributed by atoms with Gasteiger partial charge in [-0.2, -0.15) is 0 Å². The van der Waals surface area contributed by atoms with Crippen molar-refractivity contribution in [1.29, 1.82) is 0 Å². The average Bonchev–Trinajstić information content (AvgIpc) is 2.75. The van der Waals surface area contributed by atoms with Crippen molar-refractivity contribution in [3.8, 4) is 0 Å². The Morgan fingerprint density at radius 2 is 1.87 bits per heavy atom. The number of rotatable bonds is 7. The summed E-state index contributed by atoms with van der Waals surface area (Å²) in [6, 6.07) is -2.04. The molecule has 0 saturated carbocycles. The number of hydrogen-bond donors (Lipinski definition) is 4. The van der Waals surface area contributed by atoms with E-state index in [0.717, 1.165) is 11.0 Å². The number of carboxylic acids is 1. The molecule has 0 bridgehead atoms. The Kier molecular flexibility index (Phi) is 6.26. The lowest BCUT2D eigenvalue weighted by Crippen LogP contribution is -2.55. The largest absolute Gasteiger partial charge is 0.480 e. The van der Waals surface area contributed by atoms with Crippen molar-refractivity contribution < 1.29 is 29.4 Å². The van der Waals surface area contributed by atoms with E-state index in [1.807, 2.05) is 0 Å². The number of carbonyl (C=O) groups excluding carboxylic acids is 3. The molecule has 0 aromatic rings. The van der Waals surface area contributed by atoms with Crippen molar-refractivity contribution in [2.24, 2.45) is 5.92 Å². The zero-order chi connectivity index (χ0) is 17.7. The molecule has 0 aromatic heterocycles. The summed E-state index contributed by atoms with van der Waals surface area (Å²) in [5, 5.41) is 23.1. The number of hydrogen-bond acceptors (Lipinski definition) is 5. The van der Waals surface area contributed by atoms with Gasteiger partial charge in [0.2, 0.25) is 17.7 Å². The van der Waals surface area contributed by atoms with Crippen molar-refractivity contribution in [1.82, 2.24) is 15.5 Å². The second kappa shape index (κ2) is 7.73. The van der Waals surface area contributed by atoms with Gasteiger partial charge in [-0.1, -0.05) is 13.8 Å². The van der Waals surface area contributed by atoms with Gasteiger partial charge in [-0.25, -0.2) is 0 Å². The molecule has 0 aliphatic carbocycles. The average molecular weight is 327 g/mol. The highest BCUT2D eigenvalue weighted by atomic mass is 16.4. The number of aliphatic hydroxyl groups is 1. The summed E-state index contributed by atoms with van der Waals surface area (Å²) in [6.45, 7) is 4.28. The van der Waals surface area contributed by atoms with Crippen LogP contribution in [0.3, 0.4) is 0 Å². The second-order valence-corrected chi connectivity index (χ2v) is 5.60. The smallest absolute Gasteiger partial charge is 0.325 e. The highest BCUT2D eigenvalue weighted by Gasteiger charge is 2.30. The fourth-order valence-corrected chi connectivity index (χ4v) is 1.94. The summed E-state index contributed by atoms with van der Waals surface area (Å²) in [7, 11) is 0. The van der Waals surface area contributed by atoms with Gasteiger partial charge in [-0.3, -0.25) is 19.2 Å². The van der Waals surface area contributed by atoms with E-state index in [1.54, 1.807) is 13.8 Å². The predicted molar refractivity (Wildman–Crippen MR) is 78.9 cm³/mol. The Balaban J connectivity index is 2.65. The molecule has 9 nitrogen and oxygen atoms in total. The monoisotopic (exact) mass is 327 g/mol. The summed E-state index contributed by atoms with van der Waals surface area (Å²) in [5.74, 6) is -3.24. The van der Waals surface area contributed by atoms with Crippen molar-refractivity contribution in [2.45, 2.75) is 39.1 Å². The van der Waals surface area contributed by atoms with Crippen LogP contribution in [0.1, 0.15) is 20.8 Å². The van der Waals surface area contributed by atoms with Crippen LogP contribution in [0.25, 0.3) is 0 Å². The third-order valence-corrected chi connectivity index (χ3v) is 3.32. The topological polar surface area (TPSA) is 136 Å². The SMILES string of the molecule is CC(C)[C@H](NC(=O)CN1C(=O)C=CC1O)C(=O)N[C@@H](C)C(=O)O. The molecule has 1 unspecified atom stereocenters. The van der Waals surface area contributed by atoms with Crippen molar-refractivity contribution >= 4 is 23.7 Å². The van der Waals surface area contributed by atoms with E-state index >= 15 is 0 Å². The van der Waals surface area contributed by atoms with Crippen LogP contribution in [0.5, 0.6) is 0 Å². The molecule has 0 spiro atoms. The normalized spacial score (nSPS) is 19.6. The molecular weight excluding hydrogens is 306 g/mol. The maximum absolute atomic E-state index is 12.1. The maximum Gasteiger partial charge on any atom is 0.325 e. The van der Waals surface area contributed by atoms with Gasteiger partial charge in [0.25, 0.3) is 0 Å². The van der Waals surface area contributed by atoms with Crippen LogP contribution in [-0.2, 0) is 19.2 Å². The standard InChI is InChI=1S/C14H21N3O6/c1-7(2)12(13(21)15-8(3)14(22)23)16-9(18)6-17-10(19)4-5-11(17)20/h4-5,7-8,10,12,19H,6H2,1-3H3,(H,15,21)(H,16,18)(H,22,23)/t8-,10?,12-/m0/s1. The molecule has 128 valence electrons. The molecule has 1 rings (SSSR count). The minimum Gasteiger partial charge on any atom is -0.480 e. The number of amides is 3. The molecule has 4 N–H and O–H groups in total. The molecule has 1 heterocycles. The first kappa shape index (κ1) is 18.6. The fraction of sp³-hybridized carbons (Fsp3) is 0.571. The van der Waals surface area contributed by atoms with Gasteiger partial charge in [0.05, 0.1) is 0 Å². The Morgan fingerprint density at radius 1 is 1.26 bits per heavy atom. The van der Waals surface area contributed by atoms with E-state index in [-0.39, 0.29) is 5.92 Å². The van der Waals surface area contributed by atoms with Crippen molar-refractivity contribution in [3.05, 3.63) is 12.2 Å². The summed E-state index contributed by atoms with van der Waals surface area (Å²) < 4.78 is 0. The summed E-state index contributed by atoms with van der Waals surface area (Å²) >= 11 is 0. The molecule has 9 heteroatoms. The molecule has 3 amide bonds. The molecule has 0 saturated heterocycles. The lowest BCUT2D eigenvalue weighted by molar-refractivity contribution is -0.142. The van der Waals surface area contributed by atoms with Gasteiger partial charge < -0.3 is 25.7 Å². The zero-order valence-corrected chi connectivity index (χ0v) is 13.1. The summed E-state index contributed by atoms with van der Waals surface area (Å²) in [6.07, 6.45) is 1.22. The van der Waals surface area contributed by atoms with E-state index in [9.17, 15) is 24.3 Å². The molecule has 0 radical (unpaired) electrons. The van der Waals surface area contributed by atoms with Crippen LogP contribution in [0.15, 0.2) is 12.2 Å². The highest BCUT2D eigenvalue weighted by Crippen LogP contribution is 2.08. The van der Waals surface area contributed by atoms with Crippen LogP contribution in [0.2, 0.25) is 0 Å². The molecule has 3 atom stereocenters. The Morgan fingerprint density at radius 3 is 2.30 bits per heavy atom. The molecular formula is C14H21N3O6.